The van der Waals surface area contributed by atoms with Gasteiger partial charge in [-0.3, -0.25) is 0 Å². The molecular weight excluding hydrogens is 160 g/mol. The second-order valence-corrected chi connectivity index (χ2v) is 2.81. The van der Waals surface area contributed by atoms with Gasteiger partial charge in [0.2, 0.25) is 5.13 Å². The average molecular weight is 170 g/mol. The number of nitrogens with zero attached hydrogens (tertiary/aromatic N) is 3. The molecular formula is C6H10N4S. The third-order valence-corrected chi connectivity index (χ3v) is 1.82. The van der Waals surface area contributed by atoms with E-state index in [4.69, 9.17) is 5.73 Å². The van der Waals surface area contributed by atoms with Gasteiger partial charge in [0, 0.05) is 18.0 Å². The van der Waals surface area contributed by atoms with Crippen LogP contribution >= 0.6 is 11.5 Å². The molecule has 0 bridgehead atoms. The van der Waals surface area contributed by atoms with Gasteiger partial charge in [-0.25, -0.2) is 9.98 Å². The number of aromatic nitrogens is 2. The highest BCUT2D eigenvalue weighted by molar-refractivity contribution is 7.09. The number of amidine groups is 1. The maximum atomic E-state index is 5.50. The van der Waals surface area contributed by atoms with E-state index in [9.17, 15) is 0 Å². The first-order valence-electron chi connectivity index (χ1n) is 3.35. The monoisotopic (exact) mass is 170 g/mol. The quantitative estimate of drug-likeness (QED) is 0.536. The average Bonchev–Trinajstić information content (AvgIpc) is 2.35. The summed E-state index contributed by atoms with van der Waals surface area (Å²) in [5, 5.41) is 0.641. The Morgan fingerprint density at radius 3 is 2.91 bits per heavy atom. The summed E-state index contributed by atoms with van der Waals surface area (Å²) < 4.78 is 3.97. The molecule has 0 unspecified atom stereocenters. The van der Waals surface area contributed by atoms with Crippen molar-refractivity contribution in [2.45, 2.75) is 20.3 Å². The second kappa shape index (κ2) is 3.43. The fraction of sp³-hybridized carbons (Fsp3) is 0.500. The molecule has 0 amide bonds. The van der Waals surface area contributed by atoms with Crippen LogP contribution in [-0.2, 0) is 0 Å². The molecule has 0 fully saturated rings. The standard InChI is InChI=1S/C6H10N4S/c1-3-5(7)9-6-8-4(2)10-11-6/h3H2,1-2H3,(H2,7,8,9,10). The lowest BCUT2D eigenvalue weighted by molar-refractivity contribution is 1.15. The van der Waals surface area contributed by atoms with Gasteiger partial charge in [-0.05, 0) is 6.92 Å². The zero-order valence-electron chi connectivity index (χ0n) is 6.53. The smallest absolute Gasteiger partial charge is 0.230 e. The summed E-state index contributed by atoms with van der Waals surface area (Å²) >= 11 is 1.26. The third-order valence-electron chi connectivity index (χ3n) is 1.12. The van der Waals surface area contributed by atoms with Crippen LogP contribution in [0.1, 0.15) is 19.2 Å². The Morgan fingerprint density at radius 1 is 1.73 bits per heavy atom. The minimum atomic E-state index is 0.598. The summed E-state index contributed by atoms with van der Waals surface area (Å²) in [5.41, 5.74) is 5.50. The zero-order valence-corrected chi connectivity index (χ0v) is 7.35. The Bertz CT molecular complexity index is 265. The van der Waals surface area contributed by atoms with E-state index in [-0.39, 0.29) is 0 Å². The van der Waals surface area contributed by atoms with Crippen LogP contribution in [0.4, 0.5) is 5.13 Å². The van der Waals surface area contributed by atoms with Crippen molar-refractivity contribution in [3.63, 3.8) is 0 Å². The molecule has 11 heavy (non-hydrogen) atoms. The summed E-state index contributed by atoms with van der Waals surface area (Å²) in [6.45, 7) is 3.78. The number of nitrogens with two attached hydrogens (primary N) is 1. The first kappa shape index (κ1) is 8.13. The van der Waals surface area contributed by atoms with E-state index in [0.717, 1.165) is 12.2 Å². The van der Waals surface area contributed by atoms with E-state index >= 15 is 0 Å². The molecule has 2 N–H and O–H groups in total. The van der Waals surface area contributed by atoms with E-state index in [1.807, 2.05) is 13.8 Å². The molecule has 0 aromatic carbocycles. The largest absolute Gasteiger partial charge is 0.387 e. The molecule has 4 nitrogen and oxygen atoms in total. The van der Waals surface area contributed by atoms with Crippen LogP contribution in [0.15, 0.2) is 4.99 Å². The van der Waals surface area contributed by atoms with Crippen molar-refractivity contribution in [1.82, 2.24) is 9.36 Å². The lowest BCUT2D eigenvalue weighted by atomic mass is 10.5. The first-order chi connectivity index (χ1) is 5.22. The van der Waals surface area contributed by atoms with Gasteiger partial charge in [0.25, 0.3) is 0 Å². The van der Waals surface area contributed by atoms with Crippen LogP contribution in [0, 0.1) is 6.92 Å². The summed E-state index contributed by atoms with van der Waals surface area (Å²) in [4.78, 5) is 8.08. The first-order valence-corrected chi connectivity index (χ1v) is 4.13. The van der Waals surface area contributed by atoms with Crippen molar-refractivity contribution in [2.24, 2.45) is 10.7 Å². The van der Waals surface area contributed by atoms with Crippen LogP contribution in [0.25, 0.3) is 0 Å². The number of hydrogen-bond acceptors (Lipinski definition) is 4. The van der Waals surface area contributed by atoms with Crippen molar-refractivity contribution >= 4 is 22.5 Å². The molecule has 1 heterocycles. The fourth-order valence-electron chi connectivity index (χ4n) is 0.533. The van der Waals surface area contributed by atoms with E-state index in [1.54, 1.807) is 0 Å². The van der Waals surface area contributed by atoms with Crippen molar-refractivity contribution in [3.05, 3.63) is 5.82 Å². The molecule has 5 heteroatoms. The molecule has 0 radical (unpaired) electrons. The molecule has 0 saturated carbocycles. The number of aliphatic imine (C=N–C) groups is 1. The molecule has 0 aliphatic carbocycles. The normalized spacial score (nSPS) is 12.0. The van der Waals surface area contributed by atoms with Crippen LogP contribution < -0.4 is 5.73 Å². The van der Waals surface area contributed by atoms with Crippen LogP contribution in [0.3, 0.4) is 0 Å². The summed E-state index contributed by atoms with van der Waals surface area (Å²) in [5.74, 6) is 1.35. The lowest BCUT2D eigenvalue weighted by Gasteiger charge is -1.89. The Labute approximate surface area is 69.3 Å². The highest BCUT2D eigenvalue weighted by Gasteiger charge is 1.96. The predicted molar refractivity (Wildman–Crippen MR) is 46.2 cm³/mol. The molecule has 1 aromatic rings. The lowest BCUT2D eigenvalue weighted by Crippen LogP contribution is -2.08. The molecule has 0 aliphatic rings. The van der Waals surface area contributed by atoms with Gasteiger partial charge in [0.05, 0.1) is 0 Å². The molecule has 0 saturated heterocycles. The Morgan fingerprint density at radius 2 is 2.45 bits per heavy atom. The van der Waals surface area contributed by atoms with Gasteiger partial charge in [-0.1, -0.05) is 6.92 Å². The SMILES string of the molecule is CC/C(N)=N/c1nc(C)ns1. The minimum absolute atomic E-state index is 0.598. The molecule has 1 rings (SSSR count). The van der Waals surface area contributed by atoms with Gasteiger partial charge in [0.15, 0.2) is 0 Å². The molecule has 0 aliphatic heterocycles. The predicted octanol–water partition coefficient (Wildman–Crippen LogP) is 1.25. The Balaban J connectivity index is 2.78. The van der Waals surface area contributed by atoms with E-state index < -0.39 is 0 Å². The minimum Gasteiger partial charge on any atom is -0.387 e. The zero-order chi connectivity index (χ0) is 8.27. The topological polar surface area (TPSA) is 64.2 Å². The number of aryl methyl sites for hydroxylation is 1. The van der Waals surface area contributed by atoms with Crippen LogP contribution in [0.2, 0.25) is 0 Å². The second-order valence-electron chi connectivity index (χ2n) is 2.08. The third kappa shape index (κ3) is 2.27. The number of rotatable bonds is 2. The maximum absolute atomic E-state index is 5.50. The van der Waals surface area contributed by atoms with Crippen molar-refractivity contribution < 1.29 is 0 Å². The van der Waals surface area contributed by atoms with Crippen LogP contribution in [-0.4, -0.2) is 15.2 Å². The highest BCUT2D eigenvalue weighted by Crippen LogP contribution is 2.13. The van der Waals surface area contributed by atoms with Crippen molar-refractivity contribution in [2.75, 3.05) is 0 Å². The maximum Gasteiger partial charge on any atom is 0.230 e. The van der Waals surface area contributed by atoms with Crippen molar-refractivity contribution in [1.29, 1.82) is 0 Å². The summed E-state index contributed by atoms with van der Waals surface area (Å²) in [6, 6.07) is 0. The van der Waals surface area contributed by atoms with Gasteiger partial charge in [-0.15, -0.1) is 0 Å². The highest BCUT2D eigenvalue weighted by atomic mass is 32.1. The Kier molecular flexibility index (Phi) is 2.53. The van der Waals surface area contributed by atoms with E-state index in [1.165, 1.54) is 11.5 Å². The summed E-state index contributed by atoms with van der Waals surface area (Å²) in [7, 11) is 0. The molecule has 1 aromatic heterocycles. The van der Waals surface area contributed by atoms with Crippen molar-refractivity contribution in [3.8, 4) is 0 Å². The molecule has 0 spiro atoms. The molecule has 60 valence electrons. The molecule has 0 atom stereocenters. The van der Waals surface area contributed by atoms with Gasteiger partial charge < -0.3 is 5.73 Å². The van der Waals surface area contributed by atoms with E-state index in [2.05, 4.69) is 14.3 Å². The van der Waals surface area contributed by atoms with Crippen LogP contribution in [0.5, 0.6) is 0 Å². The number of hydrogen-bond donors (Lipinski definition) is 1. The van der Waals surface area contributed by atoms with E-state index in [0.29, 0.717) is 11.0 Å². The van der Waals surface area contributed by atoms with Gasteiger partial charge in [0.1, 0.15) is 11.7 Å². The fourth-order valence-corrected chi connectivity index (χ4v) is 1.12. The van der Waals surface area contributed by atoms with Gasteiger partial charge >= 0.3 is 0 Å². The Hall–Kier alpha value is -0.970. The summed E-state index contributed by atoms with van der Waals surface area (Å²) in [6.07, 6.45) is 0.749. The van der Waals surface area contributed by atoms with Gasteiger partial charge in [-0.2, -0.15) is 4.37 Å².